The van der Waals surface area contributed by atoms with Crippen molar-refractivity contribution in [3.05, 3.63) is 0 Å². The molecule has 0 aromatic heterocycles. The van der Waals surface area contributed by atoms with Gasteiger partial charge in [-0.3, -0.25) is 4.79 Å². The van der Waals surface area contributed by atoms with Gasteiger partial charge in [-0.2, -0.15) is 0 Å². The van der Waals surface area contributed by atoms with Crippen molar-refractivity contribution < 1.29 is 18.7 Å². The SMILES string of the molecule is O=C1N[C@H](CO)[C@@H]2[C@H]1[C@H]2C(F)F. The summed E-state index contributed by atoms with van der Waals surface area (Å²) in [5.41, 5.74) is 0. The molecule has 68 valence electrons. The fraction of sp³-hybridized carbons (Fsp3) is 0.857. The van der Waals surface area contributed by atoms with Crippen LogP contribution in [0.4, 0.5) is 8.78 Å². The maximum absolute atomic E-state index is 12.2. The van der Waals surface area contributed by atoms with Gasteiger partial charge < -0.3 is 10.4 Å². The molecule has 2 N–H and O–H groups in total. The summed E-state index contributed by atoms with van der Waals surface area (Å²) < 4.78 is 24.3. The molecule has 2 aliphatic rings. The van der Waals surface area contributed by atoms with Crippen LogP contribution in [0, 0.1) is 17.8 Å². The van der Waals surface area contributed by atoms with E-state index in [1.54, 1.807) is 0 Å². The molecule has 2 fully saturated rings. The molecule has 1 heterocycles. The number of carbonyl (C=O) groups is 1. The predicted molar refractivity (Wildman–Crippen MR) is 35.5 cm³/mol. The van der Waals surface area contributed by atoms with E-state index in [0.717, 1.165) is 0 Å². The highest BCUT2D eigenvalue weighted by molar-refractivity contribution is 5.86. The van der Waals surface area contributed by atoms with E-state index in [2.05, 4.69) is 5.32 Å². The third kappa shape index (κ3) is 0.857. The van der Waals surface area contributed by atoms with E-state index >= 15 is 0 Å². The van der Waals surface area contributed by atoms with Crippen molar-refractivity contribution in [2.75, 3.05) is 6.61 Å². The smallest absolute Gasteiger partial charge is 0.242 e. The second-order valence-electron chi connectivity index (χ2n) is 3.31. The van der Waals surface area contributed by atoms with E-state index in [-0.39, 0.29) is 18.4 Å². The van der Waals surface area contributed by atoms with Gasteiger partial charge in [0.15, 0.2) is 0 Å². The Labute approximate surface area is 67.8 Å². The summed E-state index contributed by atoms with van der Waals surface area (Å²) in [6, 6.07) is -0.443. The minimum Gasteiger partial charge on any atom is -0.394 e. The molecule has 1 amide bonds. The van der Waals surface area contributed by atoms with Crippen LogP contribution in [-0.4, -0.2) is 30.1 Å². The van der Waals surface area contributed by atoms with Crippen LogP contribution in [0.2, 0.25) is 0 Å². The Hall–Kier alpha value is -0.710. The summed E-state index contributed by atoms with van der Waals surface area (Å²) in [4.78, 5) is 10.9. The Balaban J connectivity index is 2.07. The van der Waals surface area contributed by atoms with Gasteiger partial charge in [0.25, 0.3) is 0 Å². The normalized spacial score (nSPS) is 44.5. The predicted octanol–water partition coefficient (Wildman–Crippen LogP) is -0.396. The van der Waals surface area contributed by atoms with Gasteiger partial charge in [0.05, 0.1) is 18.6 Å². The number of piperidine rings is 1. The number of aliphatic hydroxyl groups is 1. The molecule has 1 aliphatic heterocycles. The van der Waals surface area contributed by atoms with Crippen molar-refractivity contribution in [3.8, 4) is 0 Å². The van der Waals surface area contributed by atoms with Gasteiger partial charge in [0.2, 0.25) is 12.3 Å². The summed E-state index contributed by atoms with van der Waals surface area (Å²) in [6.45, 7) is -0.240. The summed E-state index contributed by atoms with van der Waals surface area (Å²) in [5, 5.41) is 11.2. The molecule has 0 radical (unpaired) electrons. The quantitative estimate of drug-likeness (QED) is 0.603. The van der Waals surface area contributed by atoms with E-state index in [0.29, 0.717) is 0 Å². The van der Waals surface area contributed by atoms with E-state index in [9.17, 15) is 13.6 Å². The highest BCUT2D eigenvalue weighted by atomic mass is 19.3. The van der Waals surface area contributed by atoms with Crippen LogP contribution >= 0.6 is 0 Å². The largest absolute Gasteiger partial charge is 0.394 e. The molecule has 2 rings (SSSR count). The van der Waals surface area contributed by atoms with Crippen LogP contribution < -0.4 is 5.32 Å². The topological polar surface area (TPSA) is 49.3 Å². The standard InChI is InChI=1S/C7H9F2NO2/c8-6(9)4-3-2(1-11)10-7(12)5(3)4/h2-6,11H,1H2,(H,10,12)/t2-,3+,4+,5+/m1/s1. The average molecular weight is 177 g/mol. The highest BCUT2D eigenvalue weighted by Gasteiger charge is 2.66. The fourth-order valence-electron chi connectivity index (χ4n) is 2.09. The molecule has 1 saturated heterocycles. The summed E-state index contributed by atoms with van der Waals surface area (Å²) in [6.07, 6.45) is -2.43. The Kier molecular flexibility index (Phi) is 1.57. The molecule has 0 unspecified atom stereocenters. The summed E-state index contributed by atoms with van der Waals surface area (Å²) in [7, 11) is 0. The lowest BCUT2D eigenvalue weighted by molar-refractivity contribution is -0.122. The number of aliphatic hydroxyl groups excluding tert-OH is 1. The van der Waals surface area contributed by atoms with Gasteiger partial charge in [-0.15, -0.1) is 0 Å². The van der Waals surface area contributed by atoms with Crippen LogP contribution in [0.1, 0.15) is 0 Å². The van der Waals surface area contributed by atoms with Crippen LogP contribution in [0.15, 0.2) is 0 Å². The maximum Gasteiger partial charge on any atom is 0.242 e. The van der Waals surface area contributed by atoms with Gasteiger partial charge in [0.1, 0.15) is 0 Å². The highest BCUT2D eigenvalue weighted by Crippen LogP contribution is 2.55. The minimum absolute atomic E-state index is 0.240. The number of hydrogen-bond donors (Lipinski definition) is 2. The molecule has 5 heteroatoms. The first kappa shape index (κ1) is 7.91. The molecule has 0 bridgehead atoms. The van der Waals surface area contributed by atoms with Crippen molar-refractivity contribution in [1.29, 1.82) is 0 Å². The van der Waals surface area contributed by atoms with Crippen LogP contribution in [0.5, 0.6) is 0 Å². The number of alkyl halides is 2. The van der Waals surface area contributed by atoms with Crippen LogP contribution in [0.3, 0.4) is 0 Å². The Morgan fingerprint density at radius 3 is 2.67 bits per heavy atom. The zero-order chi connectivity index (χ0) is 8.88. The minimum atomic E-state index is -2.43. The third-order valence-corrected chi connectivity index (χ3v) is 2.72. The first-order valence-corrected chi connectivity index (χ1v) is 3.86. The molecule has 0 aromatic carbocycles. The molecule has 12 heavy (non-hydrogen) atoms. The molecule has 4 atom stereocenters. The van der Waals surface area contributed by atoms with Gasteiger partial charge in [-0.05, 0) is 0 Å². The average Bonchev–Trinajstić information content (AvgIpc) is 2.67. The van der Waals surface area contributed by atoms with Crippen molar-refractivity contribution in [3.63, 3.8) is 0 Å². The van der Waals surface area contributed by atoms with E-state index in [1.807, 2.05) is 0 Å². The van der Waals surface area contributed by atoms with E-state index < -0.39 is 24.3 Å². The third-order valence-electron chi connectivity index (χ3n) is 2.72. The number of nitrogens with one attached hydrogen (secondary N) is 1. The van der Waals surface area contributed by atoms with Gasteiger partial charge in [-0.1, -0.05) is 0 Å². The summed E-state index contributed by atoms with van der Waals surface area (Å²) in [5.74, 6) is -2.01. The second kappa shape index (κ2) is 2.39. The Bertz CT molecular complexity index is 221. The molecule has 0 spiro atoms. The lowest BCUT2D eigenvalue weighted by Crippen LogP contribution is -2.36. The number of hydrogen-bond acceptors (Lipinski definition) is 2. The fourth-order valence-corrected chi connectivity index (χ4v) is 2.09. The Morgan fingerprint density at radius 2 is 2.25 bits per heavy atom. The van der Waals surface area contributed by atoms with Crippen molar-refractivity contribution in [2.45, 2.75) is 12.5 Å². The number of fused-ring (bicyclic) bond motifs is 1. The molecular formula is C7H9F2NO2. The van der Waals surface area contributed by atoms with Crippen molar-refractivity contribution in [2.24, 2.45) is 17.8 Å². The lowest BCUT2D eigenvalue weighted by Gasteiger charge is -2.11. The summed E-state index contributed by atoms with van der Waals surface area (Å²) >= 11 is 0. The monoisotopic (exact) mass is 177 g/mol. The van der Waals surface area contributed by atoms with E-state index in [1.165, 1.54) is 0 Å². The molecule has 0 aromatic rings. The van der Waals surface area contributed by atoms with Gasteiger partial charge in [-0.25, -0.2) is 8.78 Å². The number of halogens is 2. The van der Waals surface area contributed by atoms with Crippen molar-refractivity contribution in [1.82, 2.24) is 5.32 Å². The molecule has 1 saturated carbocycles. The van der Waals surface area contributed by atoms with Crippen LogP contribution in [0.25, 0.3) is 0 Å². The van der Waals surface area contributed by atoms with Gasteiger partial charge >= 0.3 is 0 Å². The number of carbonyl (C=O) groups excluding carboxylic acids is 1. The lowest BCUT2D eigenvalue weighted by atomic mass is 10.2. The number of rotatable bonds is 2. The van der Waals surface area contributed by atoms with E-state index in [4.69, 9.17) is 5.11 Å². The van der Waals surface area contributed by atoms with Gasteiger partial charge in [0, 0.05) is 11.8 Å². The van der Waals surface area contributed by atoms with Crippen molar-refractivity contribution >= 4 is 5.91 Å². The number of amides is 1. The first-order valence-electron chi connectivity index (χ1n) is 3.86. The molecule has 1 aliphatic carbocycles. The molecule has 3 nitrogen and oxygen atoms in total. The maximum atomic E-state index is 12.2. The first-order chi connectivity index (χ1) is 5.66. The van der Waals surface area contributed by atoms with Crippen LogP contribution in [-0.2, 0) is 4.79 Å². The Morgan fingerprint density at radius 1 is 1.58 bits per heavy atom. The molecular weight excluding hydrogens is 168 g/mol. The second-order valence-corrected chi connectivity index (χ2v) is 3.31. The zero-order valence-electron chi connectivity index (χ0n) is 6.21. The zero-order valence-corrected chi connectivity index (χ0v) is 6.21.